The summed E-state index contributed by atoms with van der Waals surface area (Å²) in [6.07, 6.45) is 6.91. The number of anilines is 1. The van der Waals surface area contributed by atoms with Crippen LogP contribution in [0, 0.1) is 6.92 Å². The van der Waals surface area contributed by atoms with Crippen molar-refractivity contribution in [3.63, 3.8) is 0 Å². The predicted octanol–water partition coefficient (Wildman–Crippen LogP) is 3.38. The molecular weight excluding hydrogens is 460 g/mol. The van der Waals surface area contributed by atoms with Crippen molar-refractivity contribution in [3.8, 4) is 0 Å². The van der Waals surface area contributed by atoms with E-state index in [-0.39, 0.29) is 22.5 Å². The molecule has 0 unspecified atom stereocenters. The molecule has 10 heteroatoms. The molecule has 1 aliphatic heterocycles. The Hall–Kier alpha value is -2.30. The highest BCUT2D eigenvalue weighted by molar-refractivity contribution is 7.99. The van der Waals surface area contributed by atoms with Crippen molar-refractivity contribution >= 4 is 39.3 Å². The summed E-state index contributed by atoms with van der Waals surface area (Å²) in [6.45, 7) is 2.77. The highest BCUT2D eigenvalue weighted by Gasteiger charge is 2.28. The normalized spacial score (nSPS) is 18.1. The van der Waals surface area contributed by atoms with Crippen molar-refractivity contribution < 1.29 is 18.0 Å². The third-order valence-corrected chi connectivity index (χ3v) is 9.01. The Bertz CT molecular complexity index is 1120. The maximum atomic E-state index is 12.8. The Morgan fingerprint density at radius 3 is 2.48 bits per heavy atom. The number of amides is 2. The number of hydrogen-bond donors (Lipinski definition) is 3. The number of aromatic amines is 1. The second-order valence-electron chi connectivity index (χ2n) is 8.56. The zero-order chi connectivity index (χ0) is 23.4. The van der Waals surface area contributed by atoms with Crippen LogP contribution in [0.4, 0.5) is 5.69 Å². The quantitative estimate of drug-likeness (QED) is 0.575. The first-order chi connectivity index (χ1) is 15.8. The molecule has 1 saturated heterocycles. The van der Waals surface area contributed by atoms with Crippen LogP contribution in [0.1, 0.15) is 58.5 Å². The number of rotatable bonds is 6. The minimum atomic E-state index is -3.62. The van der Waals surface area contributed by atoms with Gasteiger partial charge in [0.2, 0.25) is 10.0 Å². The number of carbonyl (C=O) groups excluding carboxylic acids is 2. The van der Waals surface area contributed by atoms with E-state index in [1.54, 1.807) is 30.0 Å². The minimum Gasteiger partial charge on any atom is -0.356 e. The molecule has 0 spiro atoms. The summed E-state index contributed by atoms with van der Waals surface area (Å²) < 4.78 is 27.1. The standard InChI is InChI=1S/C23H30N4O4S2/c1-16-13-17(22(28)25-18-5-3-2-4-6-18)7-8-20(16)26-23(29)21-14-19(15-24-21)33(30,31)27-9-11-32-12-10-27/h7-8,13-15,18,24H,2-6,9-12H2,1H3,(H,25,28)(H,26,29). The summed E-state index contributed by atoms with van der Waals surface area (Å²) in [5.74, 6) is 1.00. The highest BCUT2D eigenvalue weighted by Crippen LogP contribution is 2.23. The Kier molecular flexibility index (Phi) is 7.45. The third-order valence-electron chi connectivity index (χ3n) is 6.19. The highest BCUT2D eigenvalue weighted by atomic mass is 32.2. The number of hydrogen-bond acceptors (Lipinski definition) is 5. The van der Waals surface area contributed by atoms with Gasteiger partial charge in [-0.2, -0.15) is 16.1 Å². The van der Waals surface area contributed by atoms with Crippen molar-refractivity contribution in [2.75, 3.05) is 29.9 Å². The molecule has 2 amide bonds. The number of benzene rings is 1. The molecule has 178 valence electrons. The van der Waals surface area contributed by atoms with Gasteiger partial charge in [0.25, 0.3) is 11.8 Å². The van der Waals surface area contributed by atoms with E-state index in [9.17, 15) is 18.0 Å². The van der Waals surface area contributed by atoms with Gasteiger partial charge in [-0.05, 0) is 49.6 Å². The summed E-state index contributed by atoms with van der Waals surface area (Å²) in [5.41, 5.74) is 2.05. The molecule has 1 aromatic carbocycles. The van der Waals surface area contributed by atoms with Gasteiger partial charge < -0.3 is 15.6 Å². The maximum absolute atomic E-state index is 12.8. The van der Waals surface area contributed by atoms with E-state index in [0.717, 1.165) is 42.8 Å². The number of aromatic nitrogens is 1. The summed E-state index contributed by atoms with van der Waals surface area (Å²) in [7, 11) is -3.62. The van der Waals surface area contributed by atoms with Gasteiger partial charge in [0.05, 0.1) is 0 Å². The third kappa shape index (κ3) is 5.62. The number of nitrogens with zero attached hydrogens (tertiary/aromatic N) is 1. The second kappa shape index (κ2) is 10.3. The zero-order valence-corrected chi connectivity index (χ0v) is 20.4. The molecule has 0 bridgehead atoms. The average Bonchev–Trinajstić information content (AvgIpc) is 3.33. The van der Waals surface area contributed by atoms with Crippen molar-refractivity contribution in [2.24, 2.45) is 0 Å². The average molecular weight is 491 g/mol. The van der Waals surface area contributed by atoms with Gasteiger partial charge in [-0.1, -0.05) is 19.3 Å². The molecule has 2 aromatic rings. The Labute approximate surface area is 198 Å². The lowest BCUT2D eigenvalue weighted by Crippen LogP contribution is -2.37. The van der Waals surface area contributed by atoms with Crippen molar-refractivity contribution in [3.05, 3.63) is 47.3 Å². The van der Waals surface area contributed by atoms with Gasteiger partial charge in [0.1, 0.15) is 10.6 Å². The number of nitrogens with one attached hydrogen (secondary N) is 3. The first-order valence-electron chi connectivity index (χ1n) is 11.3. The fraction of sp³-hybridized carbons (Fsp3) is 0.478. The summed E-state index contributed by atoms with van der Waals surface area (Å²) in [6, 6.07) is 6.75. The van der Waals surface area contributed by atoms with E-state index >= 15 is 0 Å². The van der Waals surface area contributed by atoms with E-state index in [2.05, 4.69) is 15.6 Å². The lowest BCUT2D eigenvalue weighted by molar-refractivity contribution is 0.0927. The van der Waals surface area contributed by atoms with Crippen LogP contribution in [0.3, 0.4) is 0 Å². The monoisotopic (exact) mass is 490 g/mol. The number of aryl methyl sites for hydroxylation is 1. The van der Waals surface area contributed by atoms with Gasteiger partial charge in [0.15, 0.2) is 0 Å². The first-order valence-corrected chi connectivity index (χ1v) is 13.9. The number of sulfonamides is 1. The van der Waals surface area contributed by atoms with Gasteiger partial charge in [0, 0.05) is 48.1 Å². The van der Waals surface area contributed by atoms with Crippen LogP contribution in [0.5, 0.6) is 0 Å². The van der Waals surface area contributed by atoms with E-state index < -0.39 is 15.9 Å². The van der Waals surface area contributed by atoms with Gasteiger partial charge in [-0.15, -0.1) is 0 Å². The number of H-pyrrole nitrogens is 1. The van der Waals surface area contributed by atoms with E-state index in [0.29, 0.717) is 24.3 Å². The van der Waals surface area contributed by atoms with Crippen LogP contribution >= 0.6 is 11.8 Å². The van der Waals surface area contributed by atoms with Crippen LogP contribution in [-0.4, -0.2) is 60.2 Å². The molecule has 1 aliphatic carbocycles. The molecular formula is C23H30N4O4S2. The molecule has 8 nitrogen and oxygen atoms in total. The largest absolute Gasteiger partial charge is 0.356 e. The molecule has 2 heterocycles. The topological polar surface area (TPSA) is 111 Å². The SMILES string of the molecule is Cc1cc(C(=O)NC2CCCCC2)ccc1NC(=O)c1cc(S(=O)(=O)N2CCSCC2)c[nH]1. The lowest BCUT2D eigenvalue weighted by atomic mass is 9.95. The molecule has 33 heavy (non-hydrogen) atoms. The van der Waals surface area contributed by atoms with Crippen LogP contribution in [0.25, 0.3) is 0 Å². The van der Waals surface area contributed by atoms with Gasteiger partial charge in [-0.3, -0.25) is 9.59 Å². The van der Waals surface area contributed by atoms with Gasteiger partial charge in [-0.25, -0.2) is 8.42 Å². The van der Waals surface area contributed by atoms with Crippen LogP contribution in [0.2, 0.25) is 0 Å². The molecule has 1 aromatic heterocycles. The maximum Gasteiger partial charge on any atom is 0.272 e. The number of carbonyl (C=O) groups is 2. The van der Waals surface area contributed by atoms with E-state index in [1.807, 2.05) is 6.92 Å². The summed E-state index contributed by atoms with van der Waals surface area (Å²) >= 11 is 1.73. The molecule has 3 N–H and O–H groups in total. The molecule has 4 rings (SSSR count). The fourth-order valence-corrected chi connectivity index (χ4v) is 6.81. The zero-order valence-electron chi connectivity index (χ0n) is 18.7. The van der Waals surface area contributed by atoms with Crippen LogP contribution in [0.15, 0.2) is 35.4 Å². The minimum absolute atomic E-state index is 0.0889. The van der Waals surface area contributed by atoms with E-state index in [1.165, 1.54) is 23.0 Å². The van der Waals surface area contributed by atoms with Crippen molar-refractivity contribution in [1.82, 2.24) is 14.6 Å². The van der Waals surface area contributed by atoms with Crippen LogP contribution in [-0.2, 0) is 10.0 Å². The molecule has 2 fully saturated rings. The van der Waals surface area contributed by atoms with E-state index in [4.69, 9.17) is 0 Å². The Morgan fingerprint density at radius 1 is 1.06 bits per heavy atom. The van der Waals surface area contributed by atoms with Gasteiger partial charge >= 0.3 is 0 Å². The predicted molar refractivity (Wildman–Crippen MR) is 130 cm³/mol. The number of thioether (sulfide) groups is 1. The molecule has 0 radical (unpaired) electrons. The van der Waals surface area contributed by atoms with Crippen LogP contribution < -0.4 is 10.6 Å². The molecule has 1 saturated carbocycles. The van der Waals surface area contributed by atoms with Crippen molar-refractivity contribution in [2.45, 2.75) is 50.0 Å². The summed E-state index contributed by atoms with van der Waals surface area (Å²) in [4.78, 5) is 28.2. The smallest absolute Gasteiger partial charge is 0.272 e. The van der Waals surface area contributed by atoms with Crippen molar-refractivity contribution in [1.29, 1.82) is 0 Å². The lowest BCUT2D eigenvalue weighted by Gasteiger charge is -2.24. The molecule has 2 aliphatic rings. The fourth-order valence-electron chi connectivity index (χ4n) is 4.24. The first kappa shape index (κ1) is 23.8. The second-order valence-corrected chi connectivity index (χ2v) is 11.7. The summed E-state index contributed by atoms with van der Waals surface area (Å²) in [5, 5.41) is 5.90. The Balaban J connectivity index is 1.41. The Morgan fingerprint density at radius 2 is 1.79 bits per heavy atom. The molecule has 0 atom stereocenters.